The Kier molecular flexibility index (Phi) is 5.46. The van der Waals surface area contributed by atoms with Crippen molar-refractivity contribution >= 4 is 27.8 Å². The predicted molar refractivity (Wildman–Crippen MR) is 70.8 cm³/mol. The van der Waals surface area contributed by atoms with E-state index in [2.05, 4.69) is 21.2 Å². The van der Waals surface area contributed by atoms with Crippen LogP contribution in [0.15, 0.2) is 22.7 Å². The van der Waals surface area contributed by atoms with Crippen molar-refractivity contribution in [3.8, 4) is 0 Å². The largest absolute Gasteiger partial charge is 0.478 e. The van der Waals surface area contributed by atoms with E-state index in [0.29, 0.717) is 10.0 Å². The summed E-state index contributed by atoms with van der Waals surface area (Å²) in [7, 11) is 0. The topological polar surface area (TPSA) is 107 Å². The van der Waals surface area contributed by atoms with Gasteiger partial charge in [-0.1, -0.05) is 22.0 Å². The molecule has 2 unspecified atom stereocenters. The Bertz CT molecular complexity index is 491. The average molecular weight is 332 g/mol. The molecule has 1 aromatic carbocycles. The fourth-order valence-electron chi connectivity index (χ4n) is 1.47. The monoisotopic (exact) mass is 331 g/mol. The number of amides is 1. The van der Waals surface area contributed by atoms with Crippen LogP contribution < -0.4 is 5.32 Å². The third-order valence-corrected chi connectivity index (χ3v) is 3.18. The van der Waals surface area contributed by atoms with Crippen LogP contribution in [-0.4, -0.2) is 39.8 Å². The summed E-state index contributed by atoms with van der Waals surface area (Å²) >= 11 is 3.14. The van der Waals surface area contributed by atoms with Crippen molar-refractivity contribution in [3.05, 3.63) is 33.8 Å². The first-order valence-electron chi connectivity index (χ1n) is 5.46. The minimum atomic E-state index is -1.23. The molecule has 104 valence electrons. The normalized spacial score (nSPS) is 13.7. The fraction of sp³-hybridized carbons (Fsp3) is 0.333. The van der Waals surface area contributed by atoms with Gasteiger partial charge in [-0.05, 0) is 17.7 Å². The highest BCUT2D eigenvalue weighted by atomic mass is 79.9. The van der Waals surface area contributed by atoms with Crippen LogP contribution in [0.2, 0.25) is 0 Å². The molecule has 0 aliphatic carbocycles. The summed E-state index contributed by atoms with van der Waals surface area (Å²) in [6, 6.07) is 4.08. The first kappa shape index (κ1) is 15.6. The number of rotatable bonds is 5. The van der Waals surface area contributed by atoms with Crippen LogP contribution in [0, 0.1) is 0 Å². The van der Waals surface area contributed by atoms with Crippen molar-refractivity contribution in [2.24, 2.45) is 0 Å². The lowest BCUT2D eigenvalue weighted by atomic mass is 10.0. The number of hydrogen-bond donors (Lipinski definition) is 4. The van der Waals surface area contributed by atoms with Crippen molar-refractivity contribution in [2.75, 3.05) is 6.54 Å². The number of carboxylic acids is 1. The number of nitrogens with one attached hydrogen (secondary N) is 1. The van der Waals surface area contributed by atoms with Crippen LogP contribution in [0.3, 0.4) is 0 Å². The second-order valence-corrected chi connectivity index (χ2v) is 4.85. The van der Waals surface area contributed by atoms with E-state index in [1.165, 1.54) is 25.1 Å². The Morgan fingerprint density at radius 1 is 1.37 bits per heavy atom. The molecule has 0 radical (unpaired) electrons. The Hall–Kier alpha value is -1.44. The smallest absolute Gasteiger partial charge is 0.335 e. The molecule has 0 aliphatic rings. The SMILES string of the molecule is CC(=O)NCC(O)C(O)c1ccc(C(=O)O)cc1Br. The number of benzene rings is 1. The van der Waals surface area contributed by atoms with Crippen molar-refractivity contribution < 1.29 is 24.9 Å². The molecule has 1 amide bonds. The van der Waals surface area contributed by atoms with Gasteiger partial charge in [0.05, 0.1) is 5.56 Å². The Labute approximate surface area is 118 Å². The second-order valence-electron chi connectivity index (χ2n) is 3.99. The molecule has 1 rings (SSSR count). The molecule has 0 saturated carbocycles. The number of aliphatic hydroxyl groups excluding tert-OH is 2. The van der Waals surface area contributed by atoms with Crippen molar-refractivity contribution in [1.29, 1.82) is 0 Å². The molecule has 7 heteroatoms. The Morgan fingerprint density at radius 2 is 2.00 bits per heavy atom. The minimum Gasteiger partial charge on any atom is -0.478 e. The molecule has 0 saturated heterocycles. The fourth-order valence-corrected chi connectivity index (χ4v) is 2.08. The molecule has 2 atom stereocenters. The van der Waals surface area contributed by atoms with Gasteiger partial charge in [0, 0.05) is 17.9 Å². The number of hydrogen-bond acceptors (Lipinski definition) is 4. The molecule has 0 fully saturated rings. The molecule has 4 N–H and O–H groups in total. The van der Waals surface area contributed by atoms with Gasteiger partial charge < -0.3 is 20.6 Å². The lowest BCUT2D eigenvalue weighted by molar-refractivity contribution is -0.119. The van der Waals surface area contributed by atoms with E-state index in [-0.39, 0.29) is 18.0 Å². The predicted octanol–water partition coefficient (Wildman–Crippen LogP) is 0.678. The lowest BCUT2D eigenvalue weighted by Crippen LogP contribution is -2.34. The van der Waals surface area contributed by atoms with Gasteiger partial charge in [0.2, 0.25) is 5.91 Å². The standard InChI is InChI=1S/C12H14BrNO5/c1-6(15)14-5-10(16)11(17)8-3-2-7(12(18)19)4-9(8)13/h2-4,10-11,16-17H,5H2,1H3,(H,14,15)(H,18,19). The van der Waals surface area contributed by atoms with Crippen molar-refractivity contribution in [3.63, 3.8) is 0 Å². The maximum atomic E-state index is 10.8. The Morgan fingerprint density at radius 3 is 2.47 bits per heavy atom. The molecular weight excluding hydrogens is 318 g/mol. The summed E-state index contributed by atoms with van der Waals surface area (Å²) in [4.78, 5) is 21.5. The first-order valence-corrected chi connectivity index (χ1v) is 6.25. The quantitative estimate of drug-likeness (QED) is 0.634. The molecule has 0 spiro atoms. The maximum absolute atomic E-state index is 10.8. The van der Waals surface area contributed by atoms with E-state index in [1.807, 2.05) is 0 Å². The van der Waals surface area contributed by atoms with Crippen LogP contribution in [0.4, 0.5) is 0 Å². The van der Waals surface area contributed by atoms with Gasteiger partial charge in [-0.2, -0.15) is 0 Å². The zero-order chi connectivity index (χ0) is 14.6. The van der Waals surface area contributed by atoms with Crippen molar-refractivity contribution in [2.45, 2.75) is 19.1 Å². The number of aliphatic hydroxyl groups is 2. The van der Waals surface area contributed by atoms with E-state index in [9.17, 15) is 19.8 Å². The first-order chi connectivity index (χ1) is 8.82. The summed E-state index contributed by atoms with van der Waals surface area (Å²) in [5, 5.41) is 30.9. The number of carbonyl (C=O) groups is 2. The number of carbonyl (C=O) groups excluding carboxylic acids is 1. The second kappa shape index (κ2) is 6.65. The van der Waals surface area contributed by atoms with E-state index in [4.69, 9.17) is 5.11 Å². The molecule has 19 heavy (non-hydrogen) atoms. The average Bonchev–Trinajstić information content (AvgIpc) is 2.34. The maximum Gasteiger partial charge on any atom is 0.335 e. The van der Waals surface area contributed by atoms with E-state index in [0.717, 1.165) is 0 Å². The van der Waals surface area contributed by atoms with E-state index < -0.39 is 18.2 Å². The number of aromatic carboxylic acids is 1. The van der Waals surface area contributed by atoms with Gasteiger partial charge in [-0.25, -0.2) is 4.79 Å². The zero-order valence-electron chi connectivity index (χ0n) is 10.1. The molecule has 0 heterocycles. The van der Waals surface area contributed by atoms with Gasteiger partial charge in [0.15, 0.2) is 0 Å². The molecule has 6 nitrogen and oxygen atoms in total. The third-order valence-electron chi connectivity index (χ3n) is 2.49. The summed E-state index contributed by atoms with van der Waals surface area (Å²) in [6.07, 6.45) is -2.42. The van der Waals surface area contributed by atoms with Gasteiger partial charge >= 0.3 is 5.97 Å². The molecule has 0 aromatic heterocycles. The highest BCUT2D eigenvalue weighted by Gasteiger charge is 2.21. The number of halogens is 1. The summed E-state index contributed by atoms with van der Waals surface area (Å²) in [6.45, 7) is 1.21. The summed E-state index contributed by atoms with van der Waals surface area (Å²) < 4.78 is 0.377. The molecule has 0 bridgehead atoms. The highest BCUT2D eigenvalue weighted by Crippen LogP contribution is 2.26. The van der Waals surface area contributed by atoms with Crippen LogP contribution in [-0.2, 0) is 4.79 Å². The highest BCUT2D eigenvalue weighted by molar-refractivity contribution is 9.10. The molecule has 1 aromatic rings. The van der Waals surface area contributed by atoms with Gasteiger partial charge in [0.25, 0.3) is 0 Å². The zero-order valence-corrected chi connectivity index (χ0v) is 11.7. The van der Waals surface area contributed by atoms with Crippen LogP contribution in [0.1, 0.15) is 28.9 Å². The summed E-state index contributed by atoms with van der Waals surface area (Å²) in [5.74, 6) is -1.40. The van der Waals surface area contributed by atoms with Gasteiger partial charge in [0.1, 0.15) is 12.2 Å². The van der Waals surface area contributed by atoms with Gasteiger partial charge in [-0.3, -0.25) is 4.79 Å². The lowest BCUT2D eigenvalue weighted by Gasteiger charge is -2.19. The third kappa shape index (κ3) is 4.30. The molecule has 0 aliphatic heterocycles. The van der Waals surface area contributed by atoms with Crippen LogP contribution >= 0.6 is 15.9 Å². The number of carboxylic acid groups (broad SMARTS) is 1. The van der Waals surface area contributed by atoms with E-state index >= 15 is 0 Å². The Balaban J connectivity index is 2.84. The van der Waals surface area contributed by atoms with E-state index in [1.54, 1.807) is 0 Å². The van der Waals surface area contributed by atoms with Crippen molar-refractivity contribution in [1.82, 2.24) is 5.32 Å². The van der Waals surface area contributed by atoms with Crippen LogP contribution in [0.5, 0.6) is 0 Å². The minimum absolute atomic E-state index is 0.0687. The van der Waals surface area contributed by atoms with Gasteiger partial charge in [-0.15, -0.1) is 0 Å². The summed E-state index contributed by atoms with van der Waals surface area (Å²) in [5.41, 5.74) is 0.419. The van der Waals surface area contributed by atoms with Crippen LogP contribution in [0.25, 0.3) is 0 Å². The molecular formula is C12H14BrNO5.